The van der Waals surface area contributed by atoms with Crippen LogP contribution >= 0.6 is 11.5 Å². The number of amides is 1. The molecule has 0 unspecified atom stereocenters. The molecule has 2 aromatic rings. The largest absolute Gasteiger partial charge is 0.445 e. The SMILES string of the molecule is Cc1nsc(N2CCN(C(=O)OCc3ccccc3)CC2)c1C#N. The van der Waals surface area contributed by atoms with E-state index in [2.05, 4.69) is 15.3 Å². The van der Waals surface area contributed by atoms with Crippen LogP contribution in [0, 0.1) is 18.3 Å². The second-order valence-corrected chi connectivity index (χ2v) is 6.33. The van der Waals surface area contributed by atoms with Crippen molar-refractivity contribution in [2.75, 3.05) is 31.1 Å². The van der Waals surface area contributed by atoms with E-state index in [0.29, 0.717) is 31.7 Å². The zero-order valence-electron chi connectivity index (χ0n) is 13.4. The van der Waals surface area contributed by atoms with E-state index in [0.717, 1.165) is 16.3 Å². The summed E-state index contributed by atoms with van der Waals surface area (Å²) in [6, 6.07) is 11.9. The lowest BCUT2D eigenvalue weighted by Gasteiger charge is -2.34. The molecule has 2 heterocycles. The van der Waals surface area contributed by atoms with Gasteiger partial charge in [-0.05, 0) is 24.0 Å². The molecule has 1 amide bonds. The van der Waals surface area contributed by atoms with Crippen LogP contribution in [0.4, 0.5) is 9.80 Å². The summed E-state index contributed by atoms with van der Waals surface area (Å²) in [4.78, 5) is 16.0. The molecule has 24 heavy (non-hydrogen) atoms. The van der Waals surface area contributed by atoms with Crippen molar-refractivity contribution in [3.05, 3.63) is 47.2 Å². The average Bonchev–Trinajstić information content (AvgIpc) is 3.01. The summed E-state index contributed by atoms with van der Waals surface area (Å²) in [7, 11) is 0. The number of carbonyl (C=O) groups excluding carboxylic acids is 1. The average molecular weight is 342 g/mol. The molecule has 0 N–H and O–H groups in total. The molecular weight excluding hydrogens is 324 g/mol. The van der Waals surface area contributed by atoms with E-state index in [-0.39, 0.29) is 12.7 Å². The van der Waals surface area contributed by atoms with Crippen molar-refractivity contribution in [3.63, 3.8) is 0 Å². The molecule has 0 aliphatic carbocycles. The van der Waals surface area contributed by atoms with E-state index in [4.69, 9.17) is 4.74 Å². The number of aryl methyl sites for hydroxylation is 1. The Kier molecular flexibility index (Phi) is 4.96. The number of ether oxygens (including phenoxy) is 1. The Morgan fingerprint density at radius 2 is 2.00 bits per heavy atom. The lowest BCUT2D eigenvalue weighted by Crippen LogP contribution is -2.48. The van der Waals surface area contributed by atoms with Crippen LogP contribution < -0.4 is 4.90 Å². The van der Waals surface area contributed by atoms with Crippen LogP contribution in [-0.4, -0.2) is 41.5 Å². The number of nitrogens with zero attached hydrogens (tertiary/aromatic N) is 4. The summed E-state index contributed by atoms with van der Waals surface area (Å²) in [5, 5.41) is 10.1. The summed E-state index contributed by atoms with van der Waals surface area (Å²) in [5.74, 6) is 0. The lowest BCUT2D eigenvalue weighted by molar-refractivity contribution is 0.0942. The van der Waals surface area contributed by atoms with Gasteiger partial charge in [0.05, 0.1) is 5.69 Å². The third-order valence-electron chi connectivity index (χ3n) is 3.99. The maximum atomic E-state index is 12.2. The van der Waals surface area contributed by atoms with E-state index in [1.165, 1.54) is 11.5 Å². The Labute approximate surface area is 145 Å². The van der Waals surface area contributed by atoms with E-state index in [1.54, 1.807) is 4.90 Å². The predicted octanol–water partition coefficient (Wildman–Crippen LogP) is 2.78. The van der Waals surface area contributed by atoms with Gasteiger partial charge >= 0.3 is 6.09 Å². The first-order valence-corrected chi connectivity index (χ1v) is 8.53. The first kappa shape index (κ1) is 16.3. The quantitative estimate of drug-likeness (QED) is 0.858. The number of nitriles is 1. The minimum absolute atomic E-state index is 0.284. The predicted molar refractivity (Wildman–Crippen MR) is 92.0 cm³/mol. The van der Waals surface area contributed by atoms with Gasteiger partial charge in [0.2, 0.25) is 0 Å². The minimum Gasteiger partial charge on any atom is -0.445 e. The molecule has 0 bridgehead atoms. The molecule has 0 saturated carbocycles. The molecule has 7 heteroatoms. The number of carbonyl (C=O) groups is 1. The second kappa shape index (κ2) is 7.32. The molecule has 1 aliphatic rings. The van der Waals surface area contributed by atoms with E-state index in [1.807, 2.05) is 37.3 Å². The van der Waals surface area contributed by atoms with E-state index < -0.39 is 0 Å². The molecule has 1 aromatic heterocycles. The van der Waals surface area contributed by atoms with Gasteiger partial charge in [0.1, 0.15) is 23.2 Å². The second-order valence-electron chi connectivity index (χ2n) is 5.57. The topological polar surface area (TPSA) is 69.5 Å². The molecular formula is C17H18N4O2S. The molecule has 0 radical (unpaired) electrons. The van der Waals surface area contributed by atoms with Crippen molar-refractivity contribution < 1.29 is 9.53 Å². The van der Waals surface area contributed by atoms with Crippen LogP contribution in [0.25, 0.3) is 0 Å². The maximum Gasteiger partial charge on any atom is 0.410 e. The van der Waals surface area contributed by atoms with Crippen molar-refractivity contribution in [2.24, 2.45) is 0 Å². The van der Waals surface area contributed by atoms with Crippen molar-refractivity contribution in [2.45, 2.75) is 13.5 Å². The third-order valence-corrected chi connectivity index (χ3v) is 4.99. The standard InChI is InChI=1S/C17H18N4O2S/c1-13-15(11-18)16(24-19-13)20-7-9-21(10-8-20)17(22)23-12-14-5-3-2-4-6-14/h2-6H,7-10,12H2,1H3. The molecule has 0 spiro atoms. The highest BCUT2D eigenvalue weighted by Crippen LogP contribution is 2.28. The Morgan fingerprint density at radius 3 is 2.67 bits per heavy atom. The van der Waals surface area contributed by atoms with Crippen molar-refractivity contribution in [3.8, 4) is 6.07 Å². The zero-order valence-corrected chi connectivity index (χ0v) is 14.3. The van der Waals surface area contributed by atoms with Crippen molar-refractivity contribution in [1.29, 1.82) is 5.26 Å². The van der Waals surface area contributed by atoms with Crippen LogP contribution in [0.3, 0.4) is 0 Å². The molecule has 6 nitrogen and oxygen atoms in total. The molecule has 1 aliphatic heterocycles. The summed E-state index contributed by atoms with van der Waals surface area (Å²) >= 11 is 1.34. The van der Waals surface area contributed by atoms with Crippen LogP contribution in [0.2, 0.25) is 0 Å². The van der Waals surface area contributed by atoms with Crippen LogP contribution in [-0.2, 0) is 11.3 Å². The number of piperazine rings is 1. The van der Waals surface area contributed by atoms with Gasteiger partial charge in [-0.3, -0.25) is 0 Å². The van der Waals surface area contributed by atoms with Gasteiger partial charge < -0.3 is 14.5 Å². The molecule has 124 valence electrons. The Balaban J connectivity index is 1.53. The van der Waals surface area contributed by atoms with Crippen molar-refractivity contribution >= 4 is 22.6 Å². The summed E-state index contributed by atoms with van der Waals surface area (Å²) in [6.45, 7) is 4.64. The first-order valence-electron chi connectivity index (χ1n) is 7.76. The molecule has 0 atom stereocenters. The van der Waals surface area contributed by atoms with Gasteiger partial charge in [0, 0.05) is 26.2 Å². The summed E-state index contributed by atoms with van der Waals surface area (Å²) in [5.41, 5.74) is 2.38. The van der Waals surface area contributed by atoms with Gasteiger partial charge in [0.15, 0.2) is 0 Å². The van der Waals surface area contributed by atoms with Crippen LogP contribution in [0.15, 0.2) is 30.3 Å². The fraction of sp³-hybridized carbons (Fsp3) is 0.353. The Bertz CT molecular complexity index is 746. The summed E-state index contributed by atoms with van der Waals surface area (Å²) in [6.07, 6.45) is -0.292. The van der Waals surface area contributed by atoms with E-state index >= 15 is 0 Å². The highest BCUT2D eigenvalue weighted by Gasteiger charge is 2.25. The van der Waals surface area contributed by atoms with Gasteiger partial charge in [-0.15, -0.1) is 0 Å². The molecule has 3 rings (SSSR count). The molecule has 1 aromatic carbocycles. The Morgan fingerprint density at radius 1 is 1.29 bits per heavy atom. The van der Waals surface area contributed by atoms with Crippen molar-refractivity contribution in [1.82, 2.24) is 9.27 Å². The first-order chi connectivity index (χ1) is 11.7. The van der Waals surface area contributed by atoms with Gasteiger partial charge in [-0.1, -0.05) is 30.3 Å². The van der Waals surface area contributed by atoms with Gasteiger partial charge in [0.25, 0.3) is 0 Å². The normalized spacial score (nSPS) is 14.3. The van der Waals surface area contributed by atoms with Crippen LogP contribution in [0.1, 0.15) is 16.8 Å². The van der Waals surface area contributed by atoms with Gasteiger partial charge in [-0.2, -0.15) is 9.64 Å². The number of rotatable bonds is 3. The number of hydrogen-bond donors (Lipinski definition) is 0. The summed E-state index contributed by atoms with van der Waals surface area (Å²) < 4.78 is 9.62. The Hall–Kier alpha value is -2.59. The monoisotopic (exact) mass is 342 g/mol. The number of benzene rings is 1. The smallest absolute Gasteiger partial charge is 0.410 e. The fourth-order valence-electron chi connectivity index (χ4n) is 2.61. The number of anilines is 1. The number of hydrogen-bond acceptors (Lipinski definition) is 6. The molecule has 1 saturated heterocycles. The minimum atomic E-state index is -0.292. The van der Waals surface area contributed by atoms with Crippen LogP contribution in [0.5, 0.6) is 0 Å². The highest BCUT2D eigenvalue weighted by atomic mass is 32.1. The fourth-order valence-corrected chi connectivity index (χ4v) is 3.50. The molecule has 1 fully saturated rings. The zero-order chi connectivity index (χ0) is 16.9. The number of aromatic nitrogens is 1. The lowest BCUT2D eigenvalue weighted by atomic mass is 10.2. The van der Waals surface area contributed by atoms with E-state index in [9.17, 15) is 10.1 Å². The van der Waals surface area contributed by atoms with Gasteiger partial charge in [-0.25, -0.2) is 4.79 Å². The highest BCUT2D eigenvalue weighted by molar-refractivity contribution is 7.10. The maximum absolute atomic E-state index is 12.2. The third kappa shape index (κ3) is 3.49.